The molecular formula is C54H92O23. The van der Waals surface area contributed by atoms with Crippen LogP contribution in [-0.4, -0.2) is 244 Å². The van der Waals surface area contributed by atoms with Crippen LogP contribution in [0.1, 0.15) is 113 Å². The molecule has 4 heterocycles. The van der Waals surface area contributed by atoms with Gasteiger partial charge in [-0.3, -0.25) is 0 Å². The van der Waals surface area contributed by atoms with E-state index in [2.05, 4.69) is 40.7 Å². The summed E-state index contributed by atoms with van der Waals surface area (Å²) in [4.78, 5) is 0. The standard InChI is InChI=1S/C54H92O23/c1-23(2)10-9-14-54(8,77-48-44(69)40(65)37(62)29(74-48)22-70-46-42(67)38(63)34(59)26(19-55)71-46)24-11-16-53(7)33(24)25(58)18-31-51(5)15-13-32(50(3,4)30(51)12-17-52(31,53)6)75-49-45(41(66)36(61)28(21-57)73-49)76-47-43(68)39(64)35(60)27(20-56)72-47/h10,24-49,55-69H,9,11-22H2,1-8H3/t24-,25+,26+,27+,28+,29+,30+,31+,32-,33-,34+,35-,36-,37+,38-,39+,40-,41+,42+,43+,44+,45+,46+,47-,48-,49-,51-,52+,53+,54-/m0/s1. The van der Waals surface area contributed by atoms with Gasteiger partial charge in [0.05, 0.1) is 44.2 Å². The van der Waals surface area contributed by atoms with E-state index in [1.807, 2.05) is 20.8 Å². The molecule has 4 saturated carbocycles. The van der Waals surface area contributed by atoms with Crippen LogP contribution in [-0.2, 0) is 37.9 Å². The SMILES string of the molecule is CC(C)=CCC[C@](C)(O[C@@H]1O[C@H](CO[C@@H]2O[C@H](CO)[C@@H](O)[C@H](O)[C@H]2O)[C@@H](O)[C@H](O)[C@H]1O)[C@H]1CC[C@]2(C)[C@@H]1[C@H](O)C[C@@H]1[C@@]3(C)CC[C@H](O[C@@H]4O[C@H](CO)[C@H](O)[C@@H](O)[C@H]4O[C@@H]4O[C@H](CO)[C@H](O)[C@@H](O)[C@H]4O)C(C)(C)[C@H]3CC[C@]12C. The van der Waals surface area contributed by atoms with Crippen LogP contribution in [0.25, 0.3) is 0 Å². The highest BCUT2D eigenvalue weighted by Crippen LogP contribution is 2.76. The van der Waals surface area contributed by atoms with Gasteiger partial charge in [0.25, 0.3) is 0 Å². The monoisotopic (exact) mass is 1110 g/mol. The van der Waals surface area contributed by atoms with E-state index in [9.17, 15) is 76.6 Å². The van der Waals surface area contributed by atoms with Gasteiger partial charge in [0, 0.05) is 0 Å². The fraction of sp³-hybridized carbons (Fsp3) is 0.963. The van der Waals surface area contributed by atoms with Crippen molar-refractivity contribution in [2.24, 2.45) is 45.3 Å². The second-order valence-corrected chi connectivity index (χ2v) is 25.7. The molecular weight excluding hydrogens is 1020 g/mol. The fourth-order valence-corrected chi connectivity index (χ4v) is 16.3. The molecule has 4 saturated heterocycles. The Balaban J connectivity index is 1.01. The van der Waals surface area contributed by atoms with Crippen molar-refractivity contribution in [3.63, 3.8) is 0 Å². The van der Waals surface area contributed by atoms with Crippen LogP contribution in [0.5, 0.6) is 0 Å². The molecule has 23 nitrogen and oxygen atoms in total. The van der Waals surface area contributed by atoms with Gasteiger partial charge in [-0.15, -0.1) is 0 Å². The number of hydrogen-bond donors (Lipinski definition) is 15. The van der Waals surface area contributed by atoms with Crippen molar-refractivity contribution in [3.8, 4) is 0 Å². The van der Waals surface area contributed by atoms with E-state index < -0.39 is 178 Å². The Labute approximate surface area is 450 Å². The molecule has 0 aromatic carbocycles. The van der Waals surface area contributed by atoms with Crippen LogP contribution < -0.4 is 0 Å². The quantitative estimate of drug-likeness (QED) is 0.0576. The Bertz CT molecular complexity index is 1990. The van der Waals surface area contributed by atoms with Crippen molar-refractivity contribution >= 4 is 0 Å². The molecule has 4 aliphatic carbocycles. The largest absolute Gasteiger partial charge is 0.394 e. The minimum Gasteiger partial charge on any atom is -0.394 e. The first kappa shape index (κ1) is 61.9. The number of aliphatic hydroxyl groups is 15. The maximum atomic E-state index is 12.8. The molecule has 15 N–H and O–H groups in total. The molecule has 0 aromatic heterocycles. The molecule has 8 fully saturated rings. The molecule has 0 amide bonds. The molecule has 0 bridgehead atoms. The predicted octanol–water partition coefficient (Wildman–Crippen LogP) is -2.20. The lowest BCUT2D eigenvalue weighted by Crippen LogP contribution is -2.68. The Hall–Kier alpha value is -1.18. The van der Waals surface area contributed by atoms with Crippen LogP contribution in [0.4, 0.5) is 0 Å². The summed E-state index contributed by atoms with van der Waals surface area (Å²) in [6.07, 6.45) is -25.2. The average Bonchev–Trinajstić information content (AvgIpc) is 3.96. The lowest BCUT2D eigenvalue weighted by atomic mass is 9.35. The molecule has 0 aromatic rings. The fourth-order valence-electron chi connectivity index (χ4n) is 16.3. The zero-order chi connectivity index (χ0) is 56.6. The number of allylic oxidation sites excluding steroid dienone is 2. The first-order valence-corrected chi connectivity index (χ1v) is 27.9. The molecule has 77 heavy (non-hydrogen) atoms. The summed E-state index contributed by atoms with van der Waals surface area (Å²) < 4.78 is 48.9. The van der Waals surface area contributed by atoms with Gasteiger partial charge in [-0.2, -0.15) is 0 Å². The van der Waals surface area contributed by atoms with Crippen molar-refractivity contribution in [2.45, 2.75) is 254 Å². The van der Waals surface area contributed by atoms with Crippen molar-refractivity contribution in [1.29, 1.82) is 0 Å². The second-order valence-electron chi connectivity index (χ2n) is 25.7. The molecule has 4 aliphatic heterocycles. The molecule has 8 aliphatic rings. The van der Waals surface area contributed by atoms with Gasteiger partial charge >= 0.3 is 0 Å². The van der Waals surface area contributed by atoms with E-state index >= 15 is 0 Å². The molecule has 0 radical (unpaired) electrons. The van der Waals surface area contributed by atoms with Crippen LogP contribution in [0.3, 0.4) is 0 Å². The zero-order valence-electron chi connectivity index (χ0n) is 45.8. The summed E-state index contributed by atoms with van der Waals surface area (Å²) >= 11 is 0. The van der Waals surface area contributed by atoms with Crippen molar-refractivity contribution in [1.82, 2.24) is 0 Å². The third-order valence-corrected chi connectivity index (χ3v) is 20.9. The minimum absolute atomic E-state index is 0.0374. The van der Waals surface area contributed by atoms with E-state index in [1.165, 1.54) is 0 Å². The van der Waals surface area contributed by atoms with Gasteiger partial charge in [-0.05, 0) is 124 Å². The predicted molar refractivity (Wildman–Crippen MR) is 266 cm³/mol. The molecule has 0 spiro atoms. The van der Waals surface area contributed by atoms with E-state index in [1.54, 1.807) is 0 Å². The van der Waals surface area contributed by atoms with Gasteiger partial charge in [-0.25, -0.2) is 0 Å². The molecule has 446 valence electrons. The van der Waals surface area contributed by atoms with Crippen molar-refractivity contribution in [3.05, 3.63) is 11.6 Å². The van der Waals surface area contributed by atoms with Crippen LogP contribution in [0.15, 0.2) is 11.6 Å². The van der Waals surface area contributed by atoms with E-state index in [0.717, 1.165) is 24.8 Å². The number of aliphatic hydroxyl groups excluding tert-OH is 15. The minimum atomic E-state index is -1.82. The highest BCUT2D eigenvalue weighted by atomic mass is 16.8. The maximum Gasteiger partial charge on any atom is 0.187 e. The Kier molecular flexibility index (Phi) is 18.9. The molecule has 30 atom stereocenters. The highest BCUT2D eigenvalue weighted by Gasteiger charge is 2.72. The second kappa shape index (κ2) is 23.5. The van der Waals surface area contributed by atoms with Gasteiger partial charge in [0.1, 0.15) is 97.7 Å². The first-order valence-electron chi connectivity index (χ1n) is 27.9. The molecule has 8 rings (SSSR count). The van der Waals surface area contributed by atoms with Crippen LogP contribution in [0.2, 0.25) is 0 Å². The van der Waals surface area contributed by atoms with Crippen LogP contribution >= 0.6 is 0 Å². The third kappa shape index (κ3) is 10.9. The smallest absolute Gasteiger partial charge is 0.187 e. The highest BCUT2D eigenvalue weighted by molar-refractivity contribution is 5.20. The van der Waals surface area contributed by atoms with E-state index in [0.29, 0.717) is 38.5 Å². The summed E-state index contributed by atoms with van der Waals surface area (Å²) in [5.74, 6) is -0.475. The van der Waals surface area contributed by atoms with Gasteiger partial charge < -0.3 is 114 Å². The topological polar surface area (TPSA) is 377 Å². The van der Waals surface area contributed by atoms with Crippen molar-refractivity contribution in [2.75, 3.05) is 26.4 Å². The normalized spacial score (nSPS) is 52.7. The summed E-state index contributed by atoms with van der Waals surface area (Å²) in [7, 11) is 0. The maximum absolute atomic E-state index is 12.8. The number of hydrogen-bond acceptors (Lipinski definition) is 23. The van der Waals surface area contributed by atoms with Gasteiger partial charge in [0.2, 0.25) is 0 Å². The Morgan fingerprint density at radius 1 is 0.545 bits per heavy atom. The first-order chi connectivity index (χ1) is 36.0. The lowest BCUT2D eigenvalue weighted by Gasteiger charge is -2.71. The summed E-state index contributed by atoms with van der Waals surface area (Å²) in [5, 5.41) is 162. The van der Waals surface area contributed by atoms with E-state index in [4.69, 9.17) is 37.9 Å². The summed E-state index contributed by atoms with van der Waals surface area (Å²) in [6.45, 7) is 14.6. The summed E-state index contributed by atoms with van der Waals surface area (Å²) in [5.41, 5.74) is -1.59. The number of fused-ring (bicyclic) bond motifs is 5. The third-order valence-electron chi connectivity index (χ3n) is 20.9. The Morgan fingerprint density at radius 2 is 1.05 bits per heavy atom. The lowest BCUT2D eigenvalue weighted by molar-refractivity contribution is -0.378. The van der Waals surface area contributed by atoms with Gasteiger partial charge in [0.15, 0.2) is 25.2 Å². The molecule has 0 unspecified atom stereocenters. The number of ether oxygens (including phenoxy) is 8. The molecule has 23 heteroatoms. The summed E-state index contributed by atoms with van der Waals surface area (Å²) in [6, 6.07) is 0. The van der Waals surface area contributed by atoms with Crippen molar-refractivity contribution < 1.29 is 114 Å². The van der Waals surface area contributed by atoms with Gasteiger partial charge in [-0.1, -0.05) is 46.3 Å². The number of rotatable bonds is 16. The average molecular weight is 1110 g/mol. The van der Waals surface area contributed by atoms with E-state index in [-0.39, 0.29) is 34.5 Å². The Morgan fingerprint density at radius 3 is 1.64 bits per heavy atom. The van der Waals surface area contributed by atoms with Crippen LogP contribution in [0, 0.1) is 45.3 Å². The zero-order valence-corrected chi connectivity index (χ0v) is 45.8.